The van der Waals surface area contributed by atoms with Crippen molar-refractivity contribution in [3.63, 3.8) is 0 Å². The molecular formula is C16H24F2N2O2. The molecule has 1 saturated heterocycles. The van der Waals surface area contributed by atoms with Gasteiger partial charge in [-0.1, -0.05) is 6.07 Å². The first-order valence-corrected chi connectivity index (χ1v) is 7.69. The van der Waals surface area contributed by atoms with Crippen molar-refractivity contribution in [2.75, 3.05) is 39.9 Å². The van der Waals surface area contributed by atoms with Gasteiger partial charge in [-0.05, 0) is 24.6 Å². The smallest absolute Gasteiger partial charge is 0.240 e. The third-order valence-electron chi connectivity index (χ3n) is 3.87. The number of nitrogens with one attached hydrogen (secondary N) is 1. The highest BCUT2D eigenvalue weighted by atomic mass is 19.3. The largest absolute Gasteiger partial charge is 0.493 e. The van der Waals surface area contributed by atoms with Gasteiger partial charge in [-0.15, -0.1) is 0 Å². The van der Waals surface area contributed by atoms with E-state index < -0.39 is 6.43 Å². The van der Waals surface area contributed by atoms with Crippen molar-refractivity contribution < 1.29 is 18.3 Å². The second-order valence-corrected chi connectivity index (χ2v) is 5.27. The molecule has 0 amide bonds. The van der Waals surface area contributed by atoms with Gasteiger partial charge in [0, 0.05) is 38.6 Å². The molecule has 1 aliphatic rings. The highest BCUT2D eigenvalue weighted by molar-refractivity contribution is 5.44. The fraction of sp³-hybridized carbons (Fsp3) is 0.625. The lowest BCUT2D eigenvalue weighted by molar-refractivity contribution is 0.0738. The average molecular weight is 314 g/mol. The van der Waals surface area contributed by atoms with Gasteiger partial charge in [0.15, 0.2) is 11.5 Å². The van der Waals surface area contributed by atoms with Crippen LogP contribution in [-0.4, -0.2) is 51.2 Å². The zero-order valence-electron chi connectivity index (χ0n) is 13.1. The summed E-state index contributed by atoms with van der Waals surface area (Å²) in [5.41, 5.74) is 0.850. The van der Waals surface area contributed by atoms with Crippen LogP contribution >= 0.6 is 0 Å². The Morgan fingerprint density at radius 1 is 1.23 bits per heavy atom. The monoisotopic (exact) mass is 314 g/mol. The molecule has 0 aliphatic carbocycles. The second kappa shape index (κ2) is 8.29. The summed E-state index contributed by atoms with van der Waals surface area (Å²) in [7, 11) is 1.56. The maximum absolute atomic E-state index is 13.0. The molecule has 124 valence electrons. The van der Waals surface area contributed by atoms with Crippen molar-refractivity contribution in [1.29, 1.82) is 0 Å². The maximum Gasteiger partial charge on any atom is 0.240 e. The molecule has 0 saturated carbocycles. The van der Waals surface area contributed by atoms with Crippen molar-refractivity contribution in [3.8, 4) is 11.5 Å². The van der Waals surface area contributed by atoms with Crippen LogP contribution < -0.4 is 14.8 Å². The van der Waals surface area contributed by atoms with Crippen LogP contribution in [0.1, 0.15) is 24.9 Å². The Hall–Kier alpha value is -1.40. The second-order valence-electron chi connectivity index (χ2n) is 5.27. The molecule has 1 heterocycles. The summed E-state index contributed by atoms with van der Waals surface area (Å²) >= 11 is 0. The van der Waals surface area contributed by atoms with E-state index in [2.05, 4.69) is 10.2 Å². The van der Waals surface area contributed by atoms with Gasteiger partial charge in [0.2, 0.25) is 6.43 Å². The Morgan fingerprint density at radius 3 is 2.55 bits per heavy atom. The summed E-state index contributed by atoms with van der Waals surface area (Å²) in [6.45, 7) is 5.63. The van der Waals surface area contributed by atoms with Crippen LogP contribution in [0.2, 0.25) is 0 Å². The number of halogens is 2. The quantitative estimate of drug-likeness (QED) is 0.839. The standard InChI is InChI=1S/C16H24F2N2O2/c1-3-22-14-5-4-12(10-15(14)21-2)13(11-16(17)18)20-8-6-19-7-9-20/h4-5,10,13,16,19H,3,6-9,11H2,1-2H3/t13-/m1/s1. The number of hydrogen-bond acceptors (Lipinski definition) is 4. The predicted octanol–water partition coefficient (Wildman–Crippen LogP) is 2.70. The first-order chi connectivity index (χ1) is 10.7. The third kappa shape index (κ3) is 4.30. The average Bonchev–Trinajstić information content (AvgIpc) is 2.54. The first kappa shape index (κ1) is 17.0. The lowest BCUT2D eigenvalue weighted by atomic mass is 10.0. The highest BCUT2D eigenvalue weighted by Crippen LogP contribution is 2.34. The van der Waals surface area contributed by atoms with Gasteiger partial charge >= 0.3 is 0 Å². The van der Waals surface area contributed by atoms with E-state index in [4.69, 9.17) is 9.47 Å². The minimum Gasteiger partial charge on any atom is -0.493 e. The van der Waals surface area contributed by atoms with Crippen LogP contribution in [-0.2, 0) is 0 Å². The fourth-order valence-corrected chi connectivity index (χ4v) is 2.82. The number of alkyl halides is 2. The zero-order chi connectivity index (χ0) is 15.9. The van der Waals surface area contributed by atoms with Crippen molar-refractivity contribution in [2.24, 2.45) is 0 Å². The van der Waals surface area contributed by atoms with Crippen molar-refractivity contribution in [1.82, 2.24) is 10.2 Å². The SMILES string of the molecule is CCOc1ccc([C@@H](CC(F)F)N2CCNCC2)cc1OC. The Morgan fingerprint density at radius 2 is 1.95 bits per heavy atom. The Labute approximate surface area is 130 Å². The summed E-state index contributed by atoms with van der Waals surface area (Å²) in [5, 5.41) is 3.25. The lowest BCUT2D eigenvalue weighted by Gasteiger charge is -2.35. The number of ether oxygens (including phenoxy) is 2. The first-order valence-electron chi connectivity index (χ1n) is 7.69. The normalized spacial score (nSPS) is 17.5. The van der Waals surface area contributed by atoms with Crippen LogP contribution in [0.5, 0.6) is 11.5 Å². The molecule has 22 heavy (non-hydrogen) atoms. The Kier molecular flexibility index (Phi) is 6.39. The van der Waals surface area contributed by atoms with E-state index in [1.54, 1.807) is 13.2 Å². The van der Waals surface area contributed by atoms with Gasteiger partial charge in [-0.25, -0.2) is 8.78 Å². The number of rotatable bonds is 7. The summed E-state index contributed by atoms with van der Waals surface area (Å²) in [5.74, 6) is 1.23. The number of methoxy groups -OCH3 is 1. The van der Waals surface area contributed by atoms with Gasteiger partial charge in [-0.2, -0.15) is 0 Å². The molecule has 1 aliphatic heterocycles. The molecule has 1 aromatic carbocycles. The van der Waals surface area contributed by atoms with E-state index in [1.165, 1.54) is 0 Å². The third-order valence-corrected chi connectivity index (χ3v) is 3.87. The number of benzene rings is 1. The lowest BCUT2D eigenvalue weighted by Crippen LogP contribution is -2.45. The van der Waals surface area contributed by atoms with E-state index in [1.807, 2.05) is 19.1 Å². The molecule has 0 bridgehead atoms. The molecule has 4 nitrogen and oxygen atoms in total. The van der Waals surface area contributed by atoms with Crippen molar-refractivity contribution >= 4 is 0 Å². The molecule has 0 unspecified atom stereocenters. The number of piperazine rings is 1. The van der Waals surface area contributed by atoms with Gasteiger partial charge in [-0.3, -0.25) is 4.90 Å². The van der Waals surface area contributed by atoms with Crippen molar-refractivity contribution in [2.45, 2.75) is 25.8 Å². The van der Waals surface area contributed by atoms with Gasteiger partial charge in [0.1, 0.15) is 0 Å². The molecular weight excluding hydrogens is 290 g/mol. The summed E-state index contributed by atoms with van der Waals surface area (Å²) in [6.07, 6.45) is -2.51. The van der Waals surface area contributed by atoms with Gasteiger partial charge in [0.25, 0.3) is 0 Å². The zero-order valence-corrected chi connectivity index (χ0v) is 13.1. The van der Waals surface area contributed by atoms with Gasteiger partial charge in [0.05, 0.1) is 13.7 Å². The van der Waals surface area contributed by atoms with E-state index in [0.29, 0.717) is 18.1 Å². The fourth-order valence-electron chi connectivity index (χ4n) is 2.82. The summed E-state index contributed by atoms with van der Waals surface area (Å²) in [6, 6.07) is 5.19. The molecule has 0 radical (unpaired) electrons. The Balaban J connectivity index is 2.25. The number of hydrogen-bond donors (Lipinski definition) is 1. The molecule has 1 fully saturated rings. The summed E-state index contributed by atoms with van der Waals surface area (Å²) < 4.78 is 36.8. The van der Waals surface area contributed by atoms with Crippen LogP contribution in [0.15, 0.2) is 18.2 Å². The highest BCUT2D eigenvalue weighted by Gasteiger charge is 2.26. The van der Waals surface area contributed by atoms with Crippen LogP contribution in [0.25, 0.3) is 0 Å². The van der Waals surface area contributed by atoms with Crippen LogP contribution in [0, 0.1) is 0 Å². The van der Waals surface area contributed by atoms with E-state index in [-0.39, 0.29) is 12.5 Å². The molecule has 1 N–H and O–H groups in total. The predicted molar refractivity (Wildman–Crippen MR) is 82.0 cm³/mol. The summed E-state index contributed by atoms with van der Waals surface area (Å²) in [4.78, 5) is 2.11. The molecule has 0 spiro atoms. The minimum absolute atomic E-state index is 0.170. The van der Waals surface area contributed by atoms with Crippen molar-refractivity contribution in [3.05, 3.63) is 23.8 Å². The topological polar surface area (TPSA) is 33.7 Å². The van der Waals surface area contributed by atoms with Crippen LogP contribution in [0.3, 0.4) is 0 Å². The maximum atomic E-state index is 13.0. The van der Waals surface area contributed by atoms with E-state index in [0.717, 1.165) is 31.7 Å². The van der Waals surface area contributed by atoms with Crippen LogP contribution in [0.4, 0.5) is 8.78 Å². The molecule has 1 atom stereocenters. The number of nitrogens with zero attached hydrogens (tertiary/aromatic N) is 1. The molecule has 1 aromatic rings. The van der Waals surface area contributed by atoms with E-state index >= 15 is 0 Å². The Bertz CT molecular complexity index is 465. The van der Waals surface area contributed by atoms with E-state index in [9.17, 15) is 8.78 Å². The molecule has 2 rings (SSSR count). The minimum atomic E-state index is -2.34. The van der Waals surface area contributed by atoms with Gasteiger partial charge < -0.3 is 14.8 Å². The molecule has 0 aromatic heterocycles. The molecule has 6 heteroatoms.